The largest absolute Gasteiger partial charge is 0.439 e. The summed E-state index contributed by atoms with van der Waals surface area (Å²) in [6.07, 6.45) is 1.72. The number of nitro benzene ring substituents is 1. The smallest absolute Gasteiger partial charge is 0.292 e. The van der Waals surface area contributed by atoms with Gasteiger partial charge in [-0.25, -0.2) is 4.98 Å². The Hall–Kier alpha value is -2.90. The van der Waals surface area contributed by atoms with Crippen LogP contribution in [0.25, 0.3) is 11.3 Å². The van der Waals surface area contributed by atoms with E-state index in [1.54, 1.807) is 24.4 Å². The second-order valence-corrected chi connectivity index (χ2v) is 7.07. The van der Waals surface area contributed by atoms with Crippen LogP contribution < -0.4 is 4.90 Å². The molecule has 0 bridgehead atoms. The van der Waals surface area contributed by atoms with E-state index in [0.717, 1.165) is 31.7 Å². The van der Waals surface area contributed by atoms with Gasteiger partial charge in [-0.3, -0.25) is 15.0 Å². The summed E-state index contributed by atoms with van der Waals surface area (Å²) in [6, 6.07) is 14.3. The fraction of sp³-hybridized carbons (Fsp3) is 0.250. The van der Waals surface area contributed by atoms with E-state index in [2.05, 4.69) is 14.8 Å². The molecule has 0 N–H and O–H groups in total. The molecule has 0 unspecified atom stereocenters. The SMILES string of the molecule is O=[N+]([O-])c1ccccc1N1CCN(Cc2ncc(-c3ccc(Cl)cc3)o2)CC1. The zero-order valence-corrected chi connectivity index (χ0v) is 15.9. The van der Waals surface area contributed by atoms with Gasteiger partial charge in [-0.1, -0.05) is 23.7 Å². The molecule has 0 aliphatic carbocycles. The molecule has 1 saturated heterocycles. The summed E-state index contributed by atoms with van der Waals surface area (Å²) < 4.78 is 5.88. The van der Waals surface area contributed by atoms with Crippen LogP contribution in [0.5, 0.6) is 0 Å². The number of hydrogen-bond acceptors (Lipinski definition) is 6. The van der Waals surface area contributed by atoms with Crippen molar-refractivity contribution in [3.63, 3.8) is 0 Å². The van der Waals surface area contributed by atoms with Gasteiger partial charge in [0.15, 0.2) is 5.76 Å². The molecule has 1 fully saturated rings. The predicted octanol–water partition coefficient (Wildman–Crippen LogP) is 4.23. The van der Waals surface area contributed by atoms with E-state index in [0.29, 0.717) is 28.9 Å². The van der Waals surface area contributed by atoms with E-state index in [9.17, 15) is 10.1 Å². The number of para-hydroxylation sites is 2. The predicted molar refractivity (Wildman–Crippen MR) is 108 cm³/mol. The van der Waals surface area contributed by atoms with Gasteiger partial charge in [0.25, 0.3) is 5.69 Å². The van der Waals surface area contributed by atoms with E-state index in [4.69, 9.17) is 16.0 Å². The van der Waals surface area contributed by atoms with Crippen molar-refractivity contribution in [3.05, 3.63) is 75.8 Å². The van der Waals surface area contributed by atoms with Crippen molar-refractivity contribution < 1.29 is 9.34 Å². The third-order valence-electron chi connectivity index (χ3n) is 4.83. The number of rotatable bonds is 5. The van der Waals surface area contributed by atoms with Crippen LogP contribution in [0.3, 0.4) is 0 Å². The molecule has 28 heavy (non-hydrogen) atoms. The topological polar surface area (TPSA) is 75.7 Å². The number of piperazine rings is 1. The maximum Gasteiger partial charge on any atom is 0.292 e. The minimum atomic E-state index is -0.327. The van der Waals surface area contributed by atoms with Gasteiger partial charge in [0.1, 0.15) is 5.69 Å². The van der Waals surface area contributed by atoms with Gasteiger partial charge in [0, 0.05) is 42.8 Å². The van der Waals surface area contributed by atoms with Gasteiger partial charge in [0.05, 0.1) is 17.7 Å². The average molecular weight is 399 g/mol. The number of oxazole rings is 1. The number of halogens is 1. The molecule has 1 aliphatic rings. The van der Waals surface area contributed by atoms with Gasteiger partial charge < -0.3 is 9.32 Å². The van der Waals surface area contributed by atoms with Crippen molar-refractivity contribution in [2.75, 3.05) is 31.1 Å². The first-order valence-electron chi connectivity index (χ1n) is 9.01. The number of nitrogens with zero attached hydrogens (tertiary/aromatic N) is 4. The normalized spacial score (nSPS) is 15.0. The highest BCUT2D eigenvalue weighted by Crippen LogP contribution is 2.29. The summed E-state index contributed by atoms with van der Waals surface area (Å²) in [7, 11) is 0. The number of hydrogen-bond donors (Lipinski definition) is 0. The van der Waals surface area contributed by atoms with Gasteiger partial charge in [-0.05, 0) is 30.3 Å². The van der Waals surface area contributed by atoms with Crippen molar-refractivity contribution >= 4 is 23.0 Å². The van der Waals surface area contributed by atoms with Crippen LogP contribution in [-0.2, 0) is 6.54 Å². The second-order valence-electron chi connectivity index (χ2n) is 6.63. The highest BCUT2D eigenvalue weighted by atomic mass is 35.5. The van der Waals surface area contributed by atoms with Crippen LogP contribution in [-0.4, -0.2) is 41.0 Å². The number of nitro groups is 1. The standard InChI is InChI=1S/C20H19ClN4O3/c21-16-7-5-15(6-8-16)19-13-22-20(28-19)14-23-9-11-24(12-10-23)17-3-1-2-4-18(17)25(26)27/h1-8,13H,9-12,14H2. The molecule has 4 rings (SSSR count). The molecule has 7 nitrogen and oxygen atoms in total. The minimum absolute atomic E-state index is 0.149. The van der Waals surface area contributed by atoms with Crippen molar-refractivity contribution in [1.82, 2.24) is 9.88 Å². The zero-order chi connectivity index (χ0) is 19.5. The molecule has 8 heteroatoms. The molecule has 0 amide bonds. The Morgan fingerprint density at radius 3 is 2.50 bits per heavy atom. The molecular formula is C20H19ClN4O3. The number of aromatic nitrogens is 1. The van der Waals surface area contributed by atoms with Crippen molar-refractivity contribution in [1.29, 1.82) is 0 Å². The lowest BCUT2D eigenvalue weighted by atomic mass is 10.2. The zero-order valence-electron chi connectivity index (χ0n) is 15.1. The Bertz CT molecular complexity index is 966. The lowest BCUT2D eigenvalue weighted by Crippen LogP contribution is -2.46. The summed E-state index contributed by atoms with van der Waals surface area (Å²) in [5, 5.41) is 11.9. The van der Waals surface area contributed by atoms with Gasteiger partial charge in [-0.15, -0.1) is 0 Å². The lowest BCUT2D eigenvalue weighted by molar-refractivity contribution is -0.384. The number of benzene rings is 2. The van der Waals surface area contributed by atoms with Gasteiger partial charge >= 0.3 is 0 Å². The molecule has 0 saturated carbocycles. The Morgan fingerprint density at radius 2 is 1.79 bits per heavy atom. The average Bonchev–Trinajstić information content (AvgIpc) is 3.17. The van der Waals surface area contributed by atoms with E-state index < -0.39 is 0 Å². The highest BCUT2D eigenvalue weighted by molar-refractivity contribution is 6.30. The Balaban J connectivity index is 1.38. The Labute approximate surface area is 167 Å². The molecule has 1 aliphatic heterocycles. The van der Waals surface area contributed by atoms with Crippen LogP contribution in [0.4, 0.5) is 11.4 Å². The molecule has 0 radical (unpaired) electrons. The first kappa shape index (κ1) is 18.5. The third-order valence-corrected chi connectivity index (χ3v) is 5.08. The van der Waals surface area contributed by atoms with Crippen LogP contribution >= 0.6 is 11.6 Å². The molecule has 2 heterocycles. The van der Waals surface area contributed by atoms with E-state index in [1.165, 1.54) is 0 Å². The molecule has 144 valence electrons. The summed E-state index contributed by atoms with van der Waals surface area (Å²) in [5.41, 5.74) is 1.76. The van der Waals surface area contributed by atoms with E-state index in [-0.39, 0.29) is 10.6 Å². The summed E-state index contributed by atoms with van der Waals surface area (Å²) in [6.45, 7) is 3.61. The van der Waals surface area contributed by atoms with Crippen molar-refractivity contribution in [3.8, 4) is 11.3 Å². The van der Waals surface area contributed by atoms with Crippen LogP contribution in [0, 0.1) is 10.1 Å². The van der Waals surface area contributed by atoms with Crippen LogP contribution in [0.15, 0.2) is 59.1 Å². The molecule has 0 spiro atoms. The second kappa shape index (κ2) is 8.00. The number of anilines is 1. The van der Waals surface area contributed by atoms with E-state index >= 15 is 0 Å². The monoisotopic (exact) mass is 398 g/mol. The molecule has 2 aromatic carbocycles. The first-order valence-corrected chi connectivity index (χ1v) is 9.39. The Morgan fingerprint density at radius 1 is 1.07 bits per heavy atom. The van der Waals surface area contributed by atoms with Gasteiger partial charge in [-0.2, -0.15) is 0 Å². The minimum Gasteiger partial charge on any atom is -0.439 e. The summed E-state index contributed by atoms with van der Waals surface area (Å²) >= 11 is 5.92. The third kappa shape index (κ3) is 4.00. The van der Waals surface area contributed by atoms with Crippen molar-refractivity contribution in [2.45, 2.75) is 6.54 Å². The first-order chi connectivity index (χ1) is 13.6. The fourth-order valence-electron chi connectivity index (χ4n) is 3.36. The highest BCUT2D eigenvalue weighted by Gasteiger charge is 2.24. The Kier molecular flexibility index (Phi) is 5.27. The fourth-order valence-corrected chi connectivity index (χ4v) is 3.48. The van der Waals surface area contributed by atoms with Crippen LogP contribution in [0.2, 0.25) is 5.02 Å². The summed E-state index contributed by atoms with van der Waals surface area (Å²) in [5.74, 6) is 1.37. The van der Waals surface area contributed by atoms with Crippen LogP contribution in [0.1, 0.15) is 5.89 Å². The van der Waals surface area contributed by atoms with Crippen molar-refractivity contribution in [2.24, 2.45) is 0 Å². The quantitative estimate of drug-likeness (QED) is 0.473. The molecule has 0 atom stereocenters. The summed E-state index contributed by atoms with van der Waals surface area (Å²) in [4.78, 5) is 19.6. The molecule has 3 aromatic rings. The van der Waals surface area contributed by atoms with E-state index in [1.807, 2.05) is 30.3 Å². The maximum atomic E-state index is 11.2. The maximum absolute atomic E-state index is 11.2. The molecular weight excluding hydrogens is 380 g/mol. The van der Waals surface area contributed by atoms with Gasteiger partial charge in [0.2, 0.25) is 5.89 Å². The lowest BCUT2D eigenvalue weighted by Gasteiger charge is -2.35. The molecule has 1 aromatic heterocycles.